The minimum absolute atomic E-state index is 0.00512. The molecule has 4 amide bonds. The number of ether oxygens (including phenoxy) is 3. The normalized spacial score (nSPS) is 13.6. The van der Waals surface area contributed by atoms with Gasteiger partial charge in [0.05, 0.1) is 28.5 Å². The average Bonchev–Trinajstić information content (AvgIpc) is 3.20. The van der Waals surface area contributed by atoms with E-state index in [9.17, 15) is 19.2 Å². The molecule has 4 rings (SSSR count). The highest BCUT2D eigenvalue weighted by molar-refractivity contribution is 14.1. The summed E-state index contributed by atoms with van der Waals surface area (Å²) >= 11 is 2.08. The first kappa shape index (κ1) is 29.4. The molecule has 0 aromatic heterocycles. The van der Waals surface area contributed by atoms with Crippen molar-refractivity contribution in [1.82, 2.24) is 10.2 Å². The van der Waals surface area contributed by atoms with Gasteiger partial charge in [0.1, 0.15) is 24.6 Å². The van der Waals surface area contributed by atoms with Gasteiger partial charge in [-0.25, -0.2) is 14.5 Å². The number of nitrogens with one attached hydrogen (secondary N) is 2. The van der Waals surface area contributed by atoms with Crippen LogP contribution in [0.4, 0.5) is 10.5 Å². The lowest BCUT2D eigenvalue weighted by Gasteiger charge is -2.15. The van der Waals surface area contributed by atoms with Gasteiger partial charge >= 0.3 is 12.0 Å². The van der Waals surface area contributed by atoms with E-state index in [1.807, 2.05) is 6.92 Å². The molecular weight excluding hydrogens is 645 g/mol. The van der Waals surface area contributed by atoms with E-state index in [0.717, 1.165) is 10.5 Å². The lowest BCUT2D eigenvalue weighted by Crippen LogP contribution is -2.38. The molecule has 3 aromatic rings. The Bertz CT molecular complexity index is 1520. The smallest absolute Gasteiger partial charge is 0.335 e. The van der Waals surface area contributed by atoms with Crippen molar-refractivity contribution >= 4 is 58.2 Å². The molecule has 1 fully saturated rings. The summed E-state index contributed by atoms with van der Waals surface area (Å²) in [6.07, 6.45) is 1.50. The van der Waals surface area contributed by atoms with Crippen LogP contribution in [0.5, 0.6) is 17.2 Å². The Labute approximate surface area is 249 Å². The molecule has 0 bridgehead atoms. The number of rotatable bonds is 11. The second-order valence-corrected chi connectivity index (χ2v) is 9.84. The summed E-state index contributed by atoms with van der Waals surface area (Å²) in [7, 11) is 1.47. The number of para-hydroxylation sites is 2. The van der Waals surface area contributed by atoms with E-state index in [-0.39, 0.29) is 17.9 Å². The molecule has 0 saturated carbocycles. The molecule has 0 spiro atoms. The molecule has 41 heavy (non-hydrogen) atoms. The highest BCUT2D eigenvalue weighted by Gasteiger charge is 2.35. The van der Waals surface area contributed by atoms with Crippen LogP contribution in [0, 0.1) is 3.57 Å². The van der Waals surface area contributed by atoms with Crippen LogP contribution >= 0.6 is 22.6 Å². The highest BCUT2D eigenvalue weighted by Crippen LogP contribution is 2.36. The summed E-state index contributed by atoms with van der Waals surface area (Å²) in [6, 6.07) is 15.9. The van der Waals surface area contributed by atoms with Crippen LogP contribution in [0.2, 0.25) is 0 Å². The van der Waals surface area contributed by atoms with Crippen molar-refractivity contribution in [3.8, 4) is 17.2 Å². The van der Waals surface area contributed by atoms with Crippen LogP contribution < -0.4 is 24.8 Å². The van der Waals surface area contributed by atoms with E-state index in [1.54, 1.807) is 48.5 Å². The van der Waals surface area contributed by atoms with Gasteiger partial charge in [0, 0.05) is 0 Å². The number of nitrogens with zero attached hydrogens (tertiary/aromatic N) is 1. The number of carbonyl (C=O) groups excluding carboxylic acids is 3. The van der Waals surface area contributed by atoms with Crippen LogP contribution in [-0.2, 0) is 16.2 Å². The first-order valence-electron chi connectivity index (χ1n) is 12.4. The molecule has 12 heteroatoms. The first-order valence-corrected chi connectivity index (χ1v) is 13.5. The van der Waals surface area contributed by atoms with Gasteiger partial charge in [-0.3, -0.25) is 9.59 Å². The number of hydrogen-bond donors (Lipinski definition) is 3. The number of urea groups is 1. The van der Waals surface area contributed by atoms with Crippen molar-refractivity contribution < 1.29 is 38.5 Å². The molecular formula is C29H26IN3O8. The van der Waals surface area contributed by atoms with Crippen molar-refractivity contribution in [2.75, 3.05) is 25.6 Å². The van der Waals surface area contributed by atoms with Crippen molar-refractivity contribution in [3.05, 3.63) is 86.6 Å². The number of aromatic carboxylic acids is 1. The number of anilines is 1. The maximum Gasteiger partial charge on any atom is 0.335 e. The number of benzene rings is 3. The fraction of sp³-hybridized carbons (Fsp3) is 0.172. The molecule has 0 aliphatic carbocycles. The van der Waals surface area contributed by atoms with Gasteiger partial charge in [-0.2, -0.15) is 0 Å². The van der Waals surface area contributed by atoms with Crippen LogP contribution in [0.15, 0.2) is 66.4 Å². The summed E-state index contributed by atoms with van der Waals surface area (Å²) in [5.41, 5.74) is 1.94. The van der Waals surface area contributed by atoms with E-state index in [1.165, 1.54) is 25.3 Å². The number of carbonyl (C=O) groups is 4. The lowest BCUT2D eigenvalue weighted by atomic mass is 10.1. The molecule has 3 aromatic carbocycles. The Morgan fingerprint density at radius 3 is 2.46 bits per heavy atom. The number of imide groups is 1. The first-order chi connectivity index (χ1) is 19.7. The number of methoxy groups -OCH3 is 1. The van der Waals surface area contributed by atoms with E-state index in [0.29, 0.717) is 38.7 Å². The Kier molecular flexibility index (Phi) is 9.45. The Morgan fingerprint density at radius 1 is 1.05 bits per heavy atom. The zero-order valence-electron chi connectivity index (χ0n) is 22.1. The van der Waals surface area contributed by atoms with Gasteiger partial charge in [0.2, 0.25) is 5.91 Å². The molecule has 3 N–H and O–H groups in total. The maximum atomic E-state index is 13.0. The summed E-state index contributed by atoms with van der Waals surface area (Å²) in [5, 5.41) is 14.2. The van der Waals surface area contributed by atoms with Gasteiger partial charge in [-0.05, 0) is 83.1 Å². The van der Waals surface area contributed by atoms with Crippen molar-refractivity contribution in [1.29, 1.82) is 0 Å². The van der Waals surface area contributed by atoms with Gasteiger partial charge < -0.3 is 30.0 Å². The average molecular weight is 671 g/mol. The van der Waals surface area contributed by atoms with Gasteiger partial charge in [0.25, 0.3) is 5.91 Å². The molecule has 1 heterocycles. The number of halogens is 1. The molecule has 0 atom stereocenters. The number of hydrogen-bond acceptors (Lipinski definition) is 7. The number of carboxylic acids is 1. The van der Waals surface area contributed by atoms with Crippen LogP contribution in [0.1, 0.15) is 28.4 Å². The zero-order valence-corrected chi connectivity index (χ0v) is 24.3. The Morgan fingerprint density at radius 2 is 1.78 bits per heavy atom. The third-order valence-corrected chi connectivity index (χ3v) is 6.67. The van der Waals surface area contributed by atoms with E-state index in [4.69, 9.17) is 19.3 Å². The number of amides is 4. The molecule has 0 unspecified atom stereocenters. The fourth-order valence-corrected chi connectivity index (χ4v) is 4.72. The molecule has 1 saturated heterocycles. The summed E-state index contributed by atoms with van der Waals surface area (Å²) < 4.78 is 17.7. The molecule has 0 radical (unpaired) electrons. The van der Waals surface area contributed by atoms with Crippen LogP contribution in [0.3, 0.4) is 0 Å². The SMILES string of the molecule is CCOc1cc(/C=C2/NC(=O)N(CC(=O)Nc3ccccc3OC)C2=O)cc(I)c1OCc1ccc(C(=O)O)cc1. The predicted octanol–water partition coefficient (Wildman–Crippen LogP) is 4.51. The maximum absolute atomic E-state index is 13.0. The van der Waals surface area contributed by atoms with Gasteiger partial charge in [0.15, 0.2) is 11.5 Å². The Hall–Kier alpha value is -4.59. The highest BCUT2D eigenvalue weighted by atomic mass is 127. The van der Waals surface area contributed by atoms with E-state index >= 15 is 0 Å². The minimum Gasteiger partial charge on any atom is -0.495 e. The predicted molar refractivity (Wildman–Crippen MR) is 158 cm³/mol. The van der Waals surface area contributed by atoms with Crippen LogP contribution in [0.25, 0.3) is 6.08 Å². The standard InChI is InChI=1S/C29H26IN3O8/c1-3-40-24-14-18(12-20(30)26(24)41-16-17-8-10-19(11-9-17)28(36)37)13-22-27(35)33(29(38)32-22)15-25(34)31-21-6-4-5-7-23(21)39-2/h4-14H,3,15-16H2,1-2H3,(H,31,34)(H,32,38)(H,36,37)/b22-13+. The summed E-state index contributed by atoms with van der Waals surface area (Å²) in [5.74, 6) is -0.866. The molecule has 11 nitrogen and oxygen atoms in total. The summed E-state index contributed by atoms with van der Waals surface area (Å²) in [4.78, 5) is 50.0. The lowest BCUT2D eigenvalue weighted by molar-refractivity contribution is -0.127. The number of carboxylic acid groups (broad SMARTS) is 1. The second kappa shape index (κ2) is 13.2. The summed E-state index contributed by atoms with van der Waals surface area (Å²) in [6.45, 7) is 1.87. The largest absolute Gasteiger partial charge is 0.495 e. The van der Waals surface area contributed by atoms with Crippen LogP contribution in [-0.4, -0.2) is 54.1 Å². The van der Waals surface area contributed by atoms with Gasteiger partial charge in [-0.15, -0.1) is 0 Å². The second-order valence-electron chi connectivity index (χ2n) is 8.68. The third kappa shape index (κ3) is 7.14. The molecule has 212 valence electrons. The van der Waals surface area contributed by atoms with Crippen molar-refractivity contribution in [3.63, 3.8) is 0 Å². The topological polar surface area (TPSA) is 144 Å². The van der Waals surface area contributed by atoms with Crippen molar-refractivity contribution in [2.24, 2.45) is 0 Å². The monoisotopic (exact) mass is 671 g/mol. The zero-order chi connectivity index (χ0) is 29.5. The minimum atomic E-state index is -1.01. The van der Waals surface area contributed by atoms with Crippen molar-refractivity contribution in [2.45, 2.75) is 13.5 Å². The van der Waals surface area contributed by atoms with E-state index < -0.39 is 30.4 Å². The third-order valence-electron chi connectivity index (χ3n) is 5.87. The van der Waals surface area contributed by atoms with Gasteiger partial charge in [-0.1, -0.05) is 24.3 Å². The fourth-order valence-electron chi connectivity index (χ4n) is 3.94. The quantitative estimate of drug-likeness (QED) is 0.154. The van der Waals surface area contributed by atoms with E-state index in [2.05, 4.69) is 33.2 Å². The Balaban J connectivity index is 1.48. The molecule has 1 aliphatic rings. The molecule has 1 aliphatic heterocycles.